The van der Waals surface area contributed by atoms with Crippen LogP contribution in [0.25, 0.3) is 10.8 Å². The molecular weight excluding hydrogens is 454 g/mol. The number of benzene rings is 2. The molecule has 0 radical (unpaired) electrons. The molecule has 33 heavy (non-hydrogen) atoms. The lowest BCUT2D eigenvalue weighted by Crippen LogP contribution is -2.51. The monoisotopic (exact) mass is 481 g/mol. The van der Waals surface area contributed by atoms with Crippen LogP contribution < -0.4 is 0 Å². The fourth-order valence-corrected chi connectivity index (χ4v) is 6.08. The van der Waals surface area contributed by atoms with Gasteiger partial charge in [-0.1, -0.05) is 48.0 Å². The van der Waals surface area contributed by atoms with Gasteiger partial charge in [-0.25, -0.2) is 0 Å². The molecule has 2 amide bonds. The summed E-state index contributed by atoms with van der Waals surface area (Å²) in [5.74, 6) is 0.343. The molecule has 0 aliphatic carbocycles. The summed E-state index contributed by atoms with van der Waals surface area (Å²) < 4.78 is 0.823. The van der Waals surface area contributed by atoms with E-state index in [1.165, 1.54) is 4.88 Å². The highest BCUT2D eigenvalue weighted by Crippen LogP contribution is 2.26. The minimum atomic E-state index is 0.0178. The second-order valence-corrected chi connectivity index (χ2v) is 10.7. The van der Waals surface area contributed by atoms with Crippen LogP contribution in [0, 0.1) is 5.92 Å². The van der Waals surface area contributed by atoms with Crippen molar-refractivity contribution in [3.63, 3.8) is 0 Å². The molecule has 2 fully saturated rings. The number of carbonyl (C=O) groups excluding carboxylic acids is 2. The third-order valence-corrected chi connectivity index (χ3v) is 8.06. The van der Waals surface area contributed by atoms with Crippen LogP contribution >= 0.6 is 22.9 Å². The van der Waals surface area contributed by atoms with Crippen molar-refractivity contribution >= 4 is 45.5 Å². The Kier molecular flexibility index (Phi) is 6.67. The summed E-state index contributed by atoms with van der Waals surface area (Å²) in [7, 11) is 0. The molecule has 3 aromatic rings. The van der Waals surface area contributed by atoms with E-state index in [2.05, 4.69) is 11.0 Å². The van der Waals surface area contributed by atoms with E-state index in [0.717, 1.165) is 66.2 Å². The van der Waals surface area contributed by atoms with Crippen LogP contribution in [0.15, 0.2) is 54.6 Å². The summed E-state index contributed by atoms with van der Waals surface area (Å²) in [5.41, 5.74) is 0.751. The van der Waals surface area contributed by atoms with Gasteiger partial charge in [-0.15, -0.1) is 11.3 Å². The zero-order valence-corrected chi connectivity index (χ0v) is 20.2. The SMILES string of the molecule is O=C(c1cccc2ccccc12)N1CCC(C(=O)N2CCN(Cc3ccc(Cl)s3)CC2)CC1. The predicted octanol–water partition coefficient (Wildman–Crippen LogP) is 4.75. The van der Waals surface area contributed by atoms with E-state index in [9.17, 15) is 9.59 Å². The van der Waals surface area contributed by atoms with Crippen molar-refractivity contribution in [2.75, 3.05) is 39.3 Å². The van der Waals surface area contributed by atoms with Crippen LogP contribution in [0.4, 0.5) is 0 Å². The lowest BCUT2D eigenvalue weighted by molar-refractivity contribution is -0.138. The number of likely N-dealkylation sites (tertiary alicyclic amines) is 1. The van der Waals surface area contributed by atoms with Gasteiger partial charge in [-0.05, 0) is 41.8 Å². The topological polar surface area (TPSA) is 43.9 Å². The second kappa shape index (κ2) is 9.84. The molecule has 5 rings (SSSR count). The number of rotatable bonds is 4. The first-order valence-corrected chi connectivity index (χ1v) is 12.8. The molecule has 0 unspecified atom stereocenters. The van der Waals surface area contributed by atoms with Gasteiger partial charge in [0.2, 0.25) is 5.91 Å². The Morgan fingerprint density at radius 1 is 0.848 bits per heavy atom. The molecule has 3 heterocycles. The van der Waals surface area contributed by atoms with Gasteiger partial charge in [0.15, 0.2) is 0 Å². The van der Waals surface area contributed by atoms with Gasteiger partial charge in [0, 0.05) is 62.2 Å². The zero-order chi connectivity index (χ0) is 22.8. The van der Waals surface area contributed by atoms with Crippen molar-refractivity contribution in [1.29, 1.82) is 0 Å². The van der Waals surface area contributed by atoms with Crippen LogP contribution in [0.3, 0.4) is 0 Å². The molecule has 2 aliphatic rings. The number of halogens is 1. The van der Waals surface area contributed by atoms with Gasteiger partial charge in [0.1, 0.15) is 0 Å². The largest absolute Gasteiger partial charge is 0.340 e. The first kappa shape index (κ1) is 22.4. The minimum Gasteiger partial charge on any atom is -0.340 e. The first-order valence-electron chi connectivity index (χ1n) is 11.6. The third-order valence-electron chi connectivity index (χ3n) is 6.84. The maximum Gasteiger partial charge on any atom is 0.254 e. The number of amides is 2. The normalized spacial score (nSPS) is 18.1. The number of fused-ring (bicyclic) bond motifs is 1. The van der Waals surface area contributed by atoms with Gasteiger partial charge >= 0.3 is 0 Å². The lowest BCUT2D eigenvalue weighted by atomic mass is 9.94. The van der Waals surface area contributed by atoms with Crippen LogP contribution in [0.5, 0.6) is 0 Å². The number of hydrogen-bond donors (Lipinski definition) is 0. The average molecular weight is 482 g/mol. The molecule has 2 aromatic carbocycles. The molecule has 7 heteroatoms. The molecule has 0 N–H and O–H groups in total. The average Bonchev–Trinajstić information content (AvgIpc) is 3.27. The number of piperazine rings is 1. The molecule has 5 nitrogen and oxygen atoms in total. The maximum atomic E-state index is 13.2. The molecule has 0 saturated carbocycles. The number of nitrogens with zero attached hydrogens (tertiary/aromatic N) is 3. The molecule has 0 atom stereocenters. The minimum absolute atomic E-state index is 0.0178. The van der Waals surface area contributed by atoms with Crippen molar-refractivity contribution in [2.45, 2.75) is 19.4 Å². The van der Waals surface area contributed by atoms with E-state index in [1.807, 2.05) is 58.3 Å². The number of piperidine rings is 1. The van der Waals surface area contributed by atoms with Crippen molar-refractivity contribution in [3.05, 3.63) is 69.4 Å². The van der Waals surface area contributed by atoms with Crippen molar-refractivity contribution < 1.29 is 9.59 Å². The van der Waals surface area contributed by atoms with Crippen molar-refractivity contribution in [2.24, 2.45) is 5.92 Å². The van der Waals surface area contributed by atoms with Crippen LogP contribution in [-0.2, 0) is 11.3 Å². The van der Waals surface area contributed by atoms with Crippen molar-refractivity contribution in [1.82, 2.24) is 14.7 Å². The van der Waals surface area contributed by atoms with Gasteiger partial charge in [-0.3, -0.25) is 14.5 Å². The summed E-state index contributed by atoms with van der Waals surface area (Å²) in [6.45, 7) is 5.49. The molecule has 1 aromatic heterocycles. The van der Waals surface area contributed by atoms with E-state index in [0.29, 0.717) is 13.1 Å². The Morgan fingerprint density at radius 3 is 2.30 bits per heavy atom. The summed E-state index contributed by atoms with van der Waals surface area (Å²) >= 11 is 7.67. The Labute approximate surface area is 203 Å². The number of hydrogen-bond acceptors (Lipinski definition) is 4. The molecule has 0 spiro atoms. The molecule has 0 bridgehead atoms. The zero-order valence-electron chi connectivity index (χ0n) is 18.6. The Balaban J connectivity index is 1.13. The van der Waals surface area contributed by atoms with E-state index in [4.69, 9.17) is 11.6 Å². The van der Waals surface area contributed by atoms with E-state index in [-0.39, 0.29) is 17.7 Å². The first-order chi connectivity index (χ1) is 16.1. The maximum absolute atomic E-state index is 13.2. The van der Waals surface area contributed by atoms with Gasteiger partial charge in [0.25, 0.3) is 5.91 Å². The highest BCUT2D eigenvalue weighted by molar-refractivity contribution is 7.16. The van der Waals surface area contributed by atoms with Gasteiger partial charge in [-0.2, -0.15) is 0 Å². The highest BCUT2D eigenvalue weighted by atomic mass is 35.5. The number of carbonyl (C=O) groups is 2. The summed E-state index contributed by atoms with van der Waals surface area (Å²) in [6.07, 6.45) is 1.48. The van der Waals surface area contributed by atoms with Gasteiger partial charge < -0.3 is 9.80 Å². The molecule has 172 valence electrons. The van der Waals surface area contributed by atoms with Gasteiger partial charge in [0.05, 0.1) is 4.34 Å². The predicted molar refractivity (Wildman–Crippen MR) is 134 cm³/mol. The second-order valence-electron chi connectivity index (χ2n) is 8.90. The smallest absolute Gasteiger partial charge is 0.254 e. The fourth-order valence-electron chi connectivity index (χ4n) is 4.95. The fraction of sp³-hybridized carbons (Fsp3) is 0.385. The van der Waals surface area contributed by atoms with Crippen LogP contribution in [0.2, 0.25) is 4.34 Å². The van der Waals surface area contributed by atoms with E-state index in [1.54, 1.807) is 11.3 Å². The number of thiophene rings is 1. The Morgan fingerprint density at radius 2 is 1.58 bits per heavy atom. The van der Waals surface area contributed by atoms with Crippen LogP contribution in [0.1, 0.15) is 28.1 Å². The van der Waals surface area contributed by atoms with E-state index < -0.39 is 0 Å². The third kappa shape index (κ3) is 4.93. The summed E-state index contributed by atoms with van der Waals surface area (Å²) in [4.78, 5) is 33.9. The van der Waals surface area contributed by atoms with E-state index >= 15 is 0 Å². The molecule has 2 saturated heterocycles. The lowest BCUT2D eigenvalue weighted by Gasteiger charge is -2.38. The standard InChI is InChI=1S/C26H28ClN3O2S/c27-24-9-8-21(33-24)18-28-14-16-30(17-15-28)25(31)20-10-12-29(13-11-20)26(32)23-7-3-5-19-4-1-2-6-22(19)23/h1-9,20H,10-18H2. The quantitative estimate of drug-likeness (QED) is 0.540. The Hall–Kier alpha value is -2.41. The summed E-state index contributed by atoms with van der Waals surface area (Å²) in [6, 6.07) is 17.9. The highest BCUT2D eigenvalue weighted by Gasteiger charge is 2.32. The molecule has 2 aliphatic heterocycles. The Bertz CT molecular complexity index is 1140. The summed E-state index contributed by atoms with van der Waals surface area (Å²) in [5, 5.41) is 2.07. The van der Waals surface area contributed by atoms with Crippen molar-refractivity contribution in [3.8, 4) is 0 Å². The van der Waals surface area contributed by atoms with Crippen LogP contribution in [-0.4, -0.2) is 65.8 Å². The molecular formula is C26H28ClN3O2S.